The van der Waals surface area contributed by atoms with Crippen molar-refractivity contribution in [2.24, 2.45) is 0 Å². The van der Waals surface area contributed by atoms with Gasteiger partial charge >= 0.3 is 0 Å². The highest BCUT2D eigenvalue weighted by Crippen LogP contribution is 1.99. The van der Waals surface area contributed by atoms with E-state index >= 15 is 0 Å². The first-order valence-corrected chi connectivity index (χ1v) is 10.0. The van der Waals surface area contributed by atoms with Gasteiger partial charge in [0.25, 0.3) is 0 Å². The molecule has 26 heavy (non-hydrogen) atoms. The lowest BCUT2D eigenvalue weighted by Crippen LogP contribution is -1.98. The summed E-state index contributed by atoms with van der Waals surface area (Å²) in [6.07, 6.45) is 5.06. The largest absolute Gasteiger partial charge is 0.392 e. The number of nitrogens with one attached hydrogen (secondary N) is 1. The van der Waals surface area contributed by atoms with E-state index in [-0.39, 0.29) is 0 Å². The van der Waals surface area contributed by atoms with Crippen molar-refractivity contribution in [3.8, 4) is 0 Å². The van der Waals surface area contributed by atoms with Crippen molar-refractivity contribution >= 4 is 0 Å². The SMILES string of the molecule is C=C(C)NC.C=C/C(=C\C)CC.CC.CC.CC.Cc1ccc(C)cc1. The number of hydrogen-bond acceptors (Lipinski definition) is 1. The van der Waals surface area contributed by atoms with Crippen LogP contribution in [0.15, 0.2) is 60.8 Å². The zero-order chi connectivity index (χ0) is 22.0. The Kier molecular flexibility index (Phi) is 47.0. The first-order chi connectivity index (χ1) is 12.4. The van der Waals surface area contributed by atoms with E-state index in [0.717, 1.165) is 12.1 Å². The molecular weight excluding hydrogens is 314 g/mol. The zero-order valence-electron chi connectivity index (χ0n) is 20.1. The van der Waals surface area contributed by atoms with Crippen molar-refractivity contribution in [1.82, 2.24) is 5.32 Å². The predicted molar refractivity (Wildman–Crippen MR) is 128 cm³/mol. The Morgan fingerprint density at radius 2 is 1.19 bits per heavy atom. The zero-order valence-corrected chi connectivity index (χ0v) is 20.1. The van der Waals surface area contributed by atoms with E-state index in [4.69, 9.17) is 0 Å². The maximum atomic E-state index is 3.63. The summed E-state index contributed by atoms with van der Waals surface area (Å²) in [4.78, 5) is 0. The minimum Gasteiger partial charge on any atom is -0.392 e. The van der Waals surface area contributed by atoms with Crippen molar-refractivity contribution in [3.05, 3.63) is 72.0 Å². The molecule has 0 fully saturated rings. The molecule has 154 valence electrons. The standard InChI is InChI=1S/C8H10.C7H12.C4H9N.3C2H6/c1-7-3-5-8(2)6-4-7;1-4-7(5-2)6-3;1-4(2)5-3;3*1-2/h3-6H,1-2H3;4-5H,1,6H2,2-3H3;5H,1H2,2-3H3;3*1-2H3/b;7-5+;;;;. The molecule has 0 saturated carbocycles. The quantitative estimate of drug-likeness (QED) is 0.530. The molecule has 1 aromatic rings. The van der Waals surface area contributed by atoms with E-state index in [1.807, 2.05) is 68.5 Å². The van der Waals surface area contributed by atoms with Crippen LogP contribution in [0.2, 0.25) is 0 Å². The Morgan fingerprint density at radius 3 is 1.27 bits per heavy atom. The second kappa shape index (κ2) is 34.6. The molecule has 1 nitrogen and oxygen atoms in total. The molecule has 0 spiro atoms. The molecule has 0 radical (unpaired) electrons. The Hall–Kier alpha value is -1.76. The number of hydrogen-bond donors (Lipinski definition) is 1. The Balaban J connectivity index is -0.0000000753. The maximum absolute atomic E-state index is 3.63. The smallest absolute Gasteiger partial charge is 0.00299 e. The summed E-state index contributed by atoms with van der Waals surface area (Å²) >= 11 is 0. The highest BCUT2D eigenvalue weighted by atomic mass is 14.8. The first kappa shape index (κ1) is 35.4. The van der Waals surface area contributed by atoms with Crippen LogP contribution in [-0.2, 0) is 0 Å². The van der Waals surface area contributed by atoms with Crippen LogP contribution >= 0.6 is 0 Å². The van der Waals surface area contributed by atoms with Gasteiger partial charge in [0, 0.05) is 7.05 Å². The summed E-state index contributed by atoms with van der Waals surface area (Å²) < 4.78 is 0. The van der Waals surface area contributed by atoms with Crippen LogP contribution in [-0.4, -0.2) is 7.05 Å². The molecule has 0 amide bonds. The van der Waals surface area contributed by atoms with E-state index < -0.39 is 0 Å². The van der Waals surface area contributed by atoms with Crippen molar-refractivity contribution in [1.29, 1.82) is 0 Å². The minimum atomic E-state index is 1.00. The fourth-order valence-electron chi connectivity index (χ4n) is 1.10. The average Bonchev–Trinajstić information content (AvgIpc) is 2.71. The van der Waals surface area contributed by atoms with Crippen LogP contribution in [0.4, 0.5) is 0 Å². The van der Waals surface area contributed by atoms with Crippen molar-refractivity contribution < 1.29 is 0 Å². The molecule has 0 aliphatic carbocycles. The summed E-state index contributed by atoms with van der Waals surface area (Å²) in [5.74, 6) is 0. The molecular formula is C25H49N. The molecule has 0 atom stereocenters. The van der Waals surface area contributed by atoms with Crippen LogP contribution in [0.3, 0.4) is 0 Å². The summed E-state index contributed by atoms with van der Waals surface area (Å²) in [6.45, 7) is 29.5. The Labute approximate surface area is 167 Å². The third-order valence-corrected chi connectivity index (χ3v) is 2.69. The number of rotatable bonds is 3. The summed E-state index contributed by atoms with van der Waals surface area (Å²) in [5.41, 5.74) is 4.98. The van der Waals surface area contributed by atoms with Gasteiger partial charge in [-0.05, 0) is 39.8 Å². The van der Waals surface area contributed by atoms with Crippen molar-refractivity contribution in [2.45, 2.75) is 82.6 Å². The molecule has 0 bridgehead atoms. The average molecular weight is 364 g/mol. The third-order valence-electron chi connectivity index (χ3n) is 2.69. The van der Waals surface area contributed by atoms with Gasteiger partial charge in [-0.25, -0.2) is 0 Å². The second-order valence-electron chi connectivity index (χ2n) is 4.61. The topological polar surface area (TPSA) is 12.0 Å². The van der Waals surface area contributed by atoms with E-state index in [0.29, 0.717) is 0 Å². The highest BCUT2D eigenvalue weighted by molar-refractivity contribution is 5.19. The van der Waals surface area contributed by atoms with Crippen LogP contribution in [0, 0.1) is 13.8 Å². The predicted octanol–water partition coefficient (Wildman–Crippen LogP) is 8.65. The lowest BCUT2D eigenvalue weighted by molar-refractivity contribution is 0.999. The summed E-state index contributed by atoms with van der Waals surface area (Å²) in [6, 6.07) is 8.48. The van der Waals surface area contributed by atoms with Gasteiger partial charge in [0.05, 0.1) is 0 Å². The lowest BCUT2D eigenvalue weighted by Gasteiger charge is -1.90. The number of aryl methyl sites for hydroxylation is 2. The van der Waals surface area contributed by atoms with Gasteiger partial charge in [0.2, 0.25) is 0 Å². The molecule has 0 aliphatic heterocycles. The van der Waals surface area contributed by atoms with Crippen LogP contribution in [0.25, 0.3) is 0 Å². The van der Waals surface area contributed by atoms with E-state index in [1.54, 1.807) is 0 Å². The van der Waals surface area contributed by atoms with Gasteiger partial charge in [-0.15, -0.1) is 0 Å². The first-order valence-electron chi connectivity index (χ1n) is 10.0. The third kappa shape index (κ3) is 38.0. The van der Waals surface area contributed by atoms with Gasteiger partial charge in [-0.2, -0.15) is 0 Å². The Morgan fingerprint density at radius 1 is 0.923 bits per heavy atom. The monoisotopic (exact) mass is 363 g/mol. The molecule has 0 heterocycles. The van der Waals surface area contributed by atoms with Gasteiger partial charge < -0.3 is 5.32 Å². The molecule has 0 unspecified atom stereocenters. The van der Waals surface area contributed by atoms with Gasteiger partial charge in [0.15, 0.2) is 0 Å². The second-order valence-corrected chi connectivity index (χ2v) is 4.61. The van der Waals surface area contributed by atoms with Crippen LogP contribution < -0.4 is 5.32 Å². The molecule has 1 N–H and O–H groups in total. The van der Waals surface area contributed by atoms with Crippen molar-refractivity contribution in [3.63, 3.8) is 0 Å². The maximum Gasteiger partial charge on any atom is 0.00299 e. The molecule has 0 saturated heterocycles. The summed E-state index contributed by atoms with van der Waals surface area (Å²) in [7, 11) is 1.85. The van der Waals surface area contributed by atoms with Crippen molar-refractivity contribution in [2.75, 3.05) is 7.05 Å². The van der Waals surface area contributed by atoms with Crippen LogP contribution in [0.1, 0.15) is 79.9 Å². The number of allylic oxidation sites excluding steroid dienone is 4. The molecule has 0 aliphatic rings. The molecule has 1 heteroatoms. The fraction of sp³-hybridized carbons (Fsp3) is 0.520. The Bertz CT molecular complexity index is 376. The molecule has 1 rings (SSSR count). The lowest BCUT2D eigenvalue weighted by atomic mass is 10.2. The normalized spacial score (nSPS) is 7.92. The van der Waals surface area contributed by atoms with E-state index in [2.05, 4.69) is 69.6 Å². The van der Waals surface area contributed by atoms with Gasteiger partial charge in [-0.1, -0.05) is 115 Å². The van der Waals surface area contributed by atoms with Crippen LogP contribution in [0.5, 0.6) is 0 Å². The van der Waals surface area contributed by atoms with E-state index in [1.165, 1.54) is 16.7 Å². The minimum absolute atomic E-state index is 1.00. The summed E-state index contributed by atoms with van der Waals surface area (Å²) in [5, 5.41) is 2.83. The number of benzene rings is 1. The van der Waals surface area contributed by atoms with Gasteiger partial charge in [0.1, 0.15) is 0 Å². The molecule has 0 aromatic heterocycles. The van der Waals surface area contributed by atoms with E-state index in [9.17, 15) is 0 Å². The molecule has 1 aromatic carbocycles. The fourth-order valence-corrected chi connectivity index (χ4v) is 1.10. The highest BCUT2D eigenvalue weighted by Gasteiger charge is 1.80. The van der Waals surface area contributed by atoms with Gasteiger partial charge in [-0.3, -0.25) is 0 Å².